The fourth-order valence-corrected chi connectivity index (χ4v) is 3.24. The number of benzene rings is 1. The summed E-state index contributed by atoms with van der Waals surface area (Å²) in [5, 5.41) is 9.41. The van der Waals surface area contributed by atoms with Gasteiger partial charge in [-0.15, -0.1) is 10.2 Å². The third-order valence-corrected chi connectivity index (χ3v) is 4.60. The van der Waals surface area contributed by atoms with Gasteiger partial charge in [0.1, 0.15) is 5.75 Å². The van der Waals surface area contributed by atoms with Gasteiger partial charge in [-0.2, -0.15) is 0 Å². The van der Waals surface area contributed by atoms with Crippen molar-refractivity contribution in [2.45, 2.75) is 32.0 Å². The molecule has 24 heavy (non-hydrogen) atoms. The van der Waals surface area contributed by atoms with E-state index in [4.69, 9.17) is 9.15 Å². The molecular weight excluding hydrogens is 322 g/mol. The first-order valence-corrected chi connectivity index (χ1v) is 9.12. The van der Waals surface area contributed by atoms with Crippen LogP contribution in [0.25, 0.3) is 11.6 Å². The topological polar surface area (TPSA) is 53.1 Å². The minimum Gasteiger partial charge on any atom is -0.493 e. The third-order valence-electron chi connectivity index (χ3n) is 3.66. The largest absolute Gasteiger partial charge is 0.493 e. The van der Waals surface area contributed by atoms with Gasteiger partial charge in [0.2, 0.25) is 0 Å². The summed E-state index contributed by atoms with van der Waals surface area (Å²) >= 11 is 1.64. The zero-order chi connectivity index (χ0) is 16.8. The molecule has 3 aromatic rings. The molecule has 0 unspecified atom stereocenters. The maximum absolute atomic E-state index is 5.83. The van der Waals surface area contributed by atoms with E-state index in [2.05, 4.69) is 40.7 Å². The number of hydrogen-bond donors (Lipinski definition) is 0. The lowest BCUT2D eigenvalue weighted by Gasteiger charge is -2.08. The predicted octanol–water partition coefficient (Wildman–Crippen LogP) is 4.29. The van der Waals surface area contributed by atoms with Gasteiger partial charge in [0, 0.05) is 12.3 Å². The lowest BCUT2D eigenvalue weighted by atomic mass is 10.2. The highest BCUT2D eigenvalue weighted by Gasteiger charge is 2.14. The van der Waals surface area contributed by atoms with Crippen molar-refractivity contribution in [3.8, 4) is 17.3 Å². The summed E-state index contributed by atoms with van der Waals surface area (Å²) in [4.78, 5) is 0. The number of hydrogen-bond acceptors (Lipinski definition) is 5. The van der Waals surface area contributed by atoms with Gasteiger partial charge < -0.3 is 9.15 Å². The second-order valence-corrected chi connectivity index (χ2v) is 6.29. The van der Waals surface area contributed by atoms with Crippen LogP contribution in [0.1, 0.15) is 19.4 Å². The summed E-state index contributed by atoms with van der Waals surface area (Å²) in [7, 11) is 0. The molecule has 0 bridgehead atoms. The number of aromatic nitrogens is 3. The number of nitrogens with zero attached hydrogens (tertiary/aromatic N) is 3. The summed E-state index contributed by atoms with van der Waals surface area (Å²) in [5.41, 5.74) is 1.29. The van der Waals surface area contributed by atoms with E-state index in [0.29, 0.717) is 6.61 Å². The Balaban J connectivity index is 1.57. The molecule has 0 aliphatic carbocycles. The van der Waals surface area contributed by atoms with Crippen molar-refractivity contribution in [3.63, 3.8) is 0 Å². The molecule has 0 saturated heterocycles. The van der Waals surface area contributed by atoms with Gasteiger partial charge >= 0.3 is 0 Å². The van der Waals surface area contributed by atoms with E-state index in [-0.39, 0.29) is 0 Å². The standard InChI is InChI=1S/C18H21N3O2S/c1-3-14-7-5-8-15(13-14)22-11-12-24-18-20-19-17(21(18)4-2)16-9-6-10-23-16/h5-10,13H,3-4,11-12H2,1-2H3. The Morgan fingerprint density at radius 3 is 2.83 bits per heavy atom. The second-order valence-electron chi connectivity index (χ2n) is 5.23. The predicted molar refractivity (Wildman–Crippen MR) is 95.4 cm³/mol. The fourth-order valence-electron chi connectivity index (χ4n) is 2.42. The van der Waals surface area contributed by atoms with Crippen molar-refractivity contribution in [3.05, 3.63) is 48.2 Å². The van der Waals surface area contributed by atoms with Crippen molar-refractivity contribution in [2.75, 3.05) is 12.4 Å². The Labute approximate surface area is 146 Å². The number of aryl methyl sites for hydroxylation is 1. The van der Waals surface area contributed by atoms with Gasteiger partial charge in [-0.05, 0) is 43.2 Å². The molecule has 0 atom stereocenters. The van der Waals surface area contributed by atoms with Crippen molar-refractivity contribution in [1.29, 1.82) is 0 Å². The van der Waals surface area contributed by atoms with Crippen LogP contribution in [0.5, 0.6) is 5.75 Å². The van der Waals surface area contributed by atoms with E-state index >= 15 is 0 Å². The molecule has 0 spiro atoms. The average molecular weight is 343 g/mol. The van der Waals surface area contributed by atoms with E-state index in [1.165, 1.54) is 5.56 Å². The highest BCUT2D eigenvalue weighted by Crippen LogP contribution is 2.24. The van der Waals surface area contributed by atoms with Crippen molar-refractivity contribution in [2.24, 2.45) is 0 Å². The number of ether oxygens (including phenoxy) is 1. The van der Waals surface area contributed by atoms with Crippen LogP contribution in [0.15, 0.2) is 52.2 Å². The Bertz CT molecular complexity index is 768. The van der Waals surface area contributed by atoms with Crippen molar-refractivity contribution >= 4 is 11.8 Å². The number of furan rings is 1. The maximum atomic E-state index is 5.83. The summed E-state index contributed by atoms with van der Waals surface area (Å²) < 4.78 is 13.3. The normalized spacial score (nSPS) is 10.9. The molecule has 2 aromatic heterocycles. The molecule has 0 saturated carbocycles. The van der Waals surface area contributed by atoms with Gasteiger partial charge in [-0.1, -0.05) is 30.8 Å². The van der Waals surface area contributed by atoms with Gasteiger partial charge in [-0.3, -0.25) is 4.57 Å². The summed E-state index contributed by atoms with van der Waals surface area (Å²) in [6.45, 7) is 5.64. The van der Waals surface area contributed by atoms with Crippen molar-refractivity contribution in [1.82, 2.24) is 14.8 Å². The van der Waals surface area contributed by atoms with E-state index in [0.717, 1.165) is 41.2 Å². The molecule has 2 heterocycles. The van der Waals surface area contributed by atoms with Gasteiger partial charge in [0.25, 0.3) is 0 Å². The molecule has 1 aromatic carbocycles. The first-order chi connectivity index (χ1) is 11.8. The minimum absolute atomic E-state index is 0.629. The monoisotopic (exact) mass is 343 g/mol. The van der Waals surface area contributed by atoms with E-state index < -0.39 is 0 Å². The van der Waals surface area contributed by atoms with Gasteiger partial charge in [-0.25, -0.2) is 0 Å². The highest BCUT2D eigenvalue weighted by molar-refractivity contribution is 7.99. The van der Waals surface area contributed by atoms with Crippen molar-refractivity contribution < 1.29 is 9.15 Å². The molecule has 5 nitrogen and oxygen atoms in total. The Hall–Kier alpha value is -2.21. The summed E-state index contributed by atoms with van der Waals surface area (Å²) in [6, 6.07) is 12.0. The number of rotatable bonds is 8. The molecule has 0 radical (unpaired) electrons. The Morgan fingerprint density at radius 2 is 2.08 bits per heavy atom. The molecule has 6 heteroatoms. The molecule has 0 aliphatic heterocycles. The van der Waals surface area contributed by atoms with Crippen LogP contribution in [0, 0.1) is 0 Å². The van der Waals surface area contributed by atoms with Crippen LogP contribution in [0.2, 0.25) is 0 Å². The van der Waals surface area contributed by atoms with E-state index in [1.54, 1.807) is 18.0 Å². The maximum Gasteiger partial charge on any atom is 0.200 e. The van der Waals surface area contributed by atoms with E-state index in [9.17, 15) is 0 Å². The molecule has 0 amide bonds. The van der Waals surface area contributed by atoms with E-state index in [1.807, 2.05) is 24.3 Å². The molecule has 3 rings (SSSR count). The molecule has 0 fully saturated rings. The van der Waals surface area contributed by atoms with Crippen LogP contribution in [0.3, 0.4) is 0 Å². The van der Waals surface area contributed by atoms with Crippen LogP contribution >= 0.6 is 11.8 Å². The fraction of sp³-hybridized carbons (Fsp3) is 0.333. The van der Waals surface area contributed by atoms with Crippen LogP contribution < -0.4 is 4.74 Å². The average Bonchev–Trinajstić information content (AvgIpc) is 3.27. The van der Waals surface area contributed by atoms with Crippen LogP contribution in [-0.4, -0.2) is 27.1 Å². The lowest BCUT2D eigenvalue weighted by Crippen LogP contribution is -2.03. The van der Waals surface area contributed by atoms with Gasteiger partial charge in [0.05, 0.1) is 12.9 Å². The number of thioether (sulfide) groups is 1. The SMILES string of the molecule is CCc1cccc(OCCSc2nnc(-c3ccco3)n2CC)c1. The molecular formula is C18H21N3O2S. The zero-order valence-corrected chi connectivity index (χ0v) is 14.8. The zero-order valence-electron chi connectivity index (χ0n) is 13.9. The molecule has 0 N–H and O–H groups in total. The summed E-state index contributed by atoms with van der Waals surface area (Å²) in [6.07, 6.45) is 2.66. The molecule has 0 aliphatic rings. The minimum atomic E-state index is 0.629. The Kier molecular flexibility index (Phi) is 5.59. The molecule has 126 valence electrons. The third kappa shape index (κ3) is 3.82. The Morgan fingerprint density at radius 1 is 1.17 bits per heavy atom. The summed E-state index contributed by atoms with van der Waals surface area (Å²) in [5.74, 6) is 3.24. The quantitative estimate of drug-likeness (QED) is 0.451. The smallest absolute Gasteiger partial charge is 0.200 e. The first kappa shape index (κ1) is 16.6. The van der Waals surface area contributed by atoms with Crippen LogP contribution in [0.4, 0.5) is 0 Å². The first-order valence-electron chi connectivity index (χ1n) is 8.13. The van der Waals surface area contributed by atoms with Gasteiger partial charge in [0.15, 0.2) is 16.7 Å². The van der Waals surface area contributed by atoms with Crippen LogP contribution in [-0.2, 0) is 13.0 Å². The highest BCUT2D eigenvalue weighted by atomic mass is 32.2. The second kappa shape index (κ2) is 8.06. The lowest BCUT2D eigenvalue weighted by molar-refractivity contribution is 0.343.